The molecule has 4 N–H and O–H groups in total. The molecule has 0 saturated heterocycles. The van der Waals surface area contributed by atoms with Gasteiger partial charge in [-0.3, -0.25) is 20.6 Å². The fourth-order valence-electron chi connectivity index (χ4n) is 3.26. The van der Waals surface area contributed by atoms with Gasteiger partial charge in [-0.05, 0) is 57.4 Å². The summed E-state index contributed by atoms with van der Waals surface area (Å²) in [7, 11) is 5.15. The van der Waals surface area contributed by atoms with Gasteiger partial charge in [-0.2, -0.15) is 13.2 Å². The standard InChI is InChI=1S/C26H29F3N6O4/c1-16-19(6-5-7-22(16)39-18-10-11-31-21(15-18)24(36)30-2)33-34-25(37)32-20-14-17(26(27,28)29)8-9-23(20)38-13-12-35(3)4/h5-11,14-15,33H,12-13H2,1-4H3,(H,30,36)(H2,32,34,37). The molecule has 10 nitrogen and oxygen atoms in total. The minimum Gasteiger partial charge on any atom is -0.490 e. The predicted molar refractivity (Wildman–Crippen MR) is 140 cm³/mol. The van der Waals surface area contributed by atoms with Gasteiger partial charge in [-0.1, -0.05) is 6.07 Å². The second kappa shape index (κ2) is 12.8. The highest BCUT2D eigenvalue weighted by atomic mass is 19.4. The van der Waals surface area contributed by atoms with Crippen molar-refractivity contribution in [3.63, 3.8) is 0 Å². The molecular formula is C26H29F3N6O4. The number of benzene rings is 2. The van der Waals surface area contributed by atoms with Gasteiger partial charge < -0.3 is 25.0 Å². The van der Waals surface area contributed by atoms with Crippen LogP contribution in [0.2, 0.25) is 0 Å². The van der Waals surface area contributed by atoms with E-state index in [0.29, 0.717) is 29.3 Å². The second-order valence-electron chi connectivity index (χ2n) is 8.55. The molecule has 0 aliphatic rings. The molecule has 0 radical (unpaired) electrons. The summed E-state index contributed by atoms with van der Waals surface area (Å²) in [6, 6.07) is 10.2. The van der Waals surface area contributed by atoms with E-state index in [4.69, 9.17) is 9.47 Å². The molecule has 1 aromatic heterocycles. The number of amides is 3. The van der Waals surface area contributed by atoms with Crippen LogP contribution in [-0.4, -0.2) is 56.1 Å². The number of likely N-dealkylation sites (N-methyl/N-ethyl adjacent to an activating group) is 1. The predicted octanol–water partition coefficient (Wildman–Crippen LogP) is 4.65. The van der Waals surface area contributed by atoms with Crippen molar-refractivity contribution in [2.45, 2.75) is 13.1 Å². The SMILES string of the molecule is CNC(=O)c1cc(Oc2cccc(NNC(=O)Nc3cc(C(F)(F)F)ccc3OCCN(C)C)c2C)ccn1. The third kappa shape index (κ3) is 8.23. The van der Waals surface area contributed by atoms with Crippen LogP contribution < -0.4 is 31.0 Å². The number of urea groups is 1. The number of pyridine rings is 1. The molecule has 0 bridgehead atoms. The molecule has 0 aliphatic heterocycles. The number of hydrogen-bond acceptors (Lipinski definition) is 7. The Morgan fingerprint density at radius 3 is 2.49 bits per heavy atom. The number of anilines is 2. The Labute approximate surface area is 223 Å². The number of halogens is 3. The fourth-order valence-corrected chi connectivity index (χ4v) is 3.26. The Morgan fingerprint density at radius 2 is 1.79 bits per heavy atom. The molecule has 0 unspecified atom stereocenters. The van der Waals surface area contributed by atoms with Crippen molar-refractivity contribution >= 4 is 23.3 Å². The third-order valence-electron chi connectivity index (χ3n) is 5.36. The highest BCUT2D eigenvalue weighted by molar-refractivity contribution is 5.92. The number of carbonyl (C=O) groups excluding carboxylic acids is 2. The van der Waals surface area contributed by atoms with Crippen LogP contribution in [-0.2, 0) is 6.18 Å². The van der Waals surface area contributed by atoms with E-state index in [1.165, 1.54) is 25.4 Å². The summed E-state index contributed by atoms with van der Waals surface area (Å²) in [5.41, 5.74) is 5.33. The van der Waals surface area contributed by atoms with Crippen molar-refractivity contribution in [1.29, 1.82) is 0 Å². The van der Waals surface area contributed by atoms with Crippen LogP contribution in [0.15, 0.2) is 54.7 Å². The fraction of sp³-hybridized carbons (Fsp3) is 0.269. The van der Waals surface area contributed by atoms with E-state index in [1.54, 1.807) is 31.2 Å². The van der Waals surface area contributed by atoms with Crippen LogP contribution in [0.3, 0.4) is 0 Å². The van der Waals surface area contributed by atoms with Crippen molar-refractivity contribution in [3.8, 4) is 17.2 Å². The Balaban J connectivity index is 1.70. The molecule has 39 heavy (non-hydrogen) atoms. The quantitative estimate of drug-likeness (QED) is 0.274. The van der Waals surface area contributed by atoms with Crippen LogP contribution in [0.4, 0.5) is 29.3 Å². The molecule has 208 valence electrons. The van der Waals surface area contributed by atoms with Crippen LogP contribution in [0.5, 0.6) is 17.2 Å². The van der Waals surface area contributed by atoms with Gasteiger partial charge in [0.15, 0.2) is 0 Å². The number of aromatic nitrogens is 1. The number of alkyl halides is 3. The van der Waals surface area contributed by atoms with Crippen molar-refractivity contribution in [3.05, 3.63) is 71.5 Å². The molecule has 3 aromatic rings. The number of ether oxygens (including phenoxy) is 2. The normalized spacial score (nSPS) is 11.1. The van der Waals surface area contributed by atoms with E-state index in [0.717, 1.165) is 12.1 Å². The molecule has 1 heterocycles. The number of rotatable bonds is 10. The average molecular weight is 547 g/mol. The lowest BCUT2D eigenvalue weighted by atomic mass is 10.2. The summed E-state index contributed by atoms with van der Waals surface area (Å²) >= 11 is 0. The molecule has 0 aliphatic carbocycles. The second-order valence-corrected chi connectivity index (χ2v) is 8.55. The van der Waals surface area contributed by atoms with Crippen molar-refractivity contribution in [1.82, 2.24) is 20.6 Å². The highest BCUT2D eigenvalue weighted by Crippen LogP contribution is 2.35. The molecule has 0 saturated carbocycles. The molecule has 13 heteroatoms. The Bertz CT molecular complexity index is 1320. The van der Waals surface area contributed by atoms with E-state index < -0.39 is 17.8 Å². The number of carbonyl (C=O) groups is 2. The zero-order valence-corrected chi connectivity index (χ0v) is 21.8. The van der Waals surface area contributed by atoms with Crippen molar-refractivity contribution in [2.24, 2.45) is 0 Å². The molecule has 0 atom stereocenters. The monoisotopic (exact) mass is 546 g/mol. The first kappa shape index (κ1) is 29.0. The van der Waals surface area contributed by atoms with Crippen LogP contribution in [0, 0.1) is 6.92 Å². The van der Waals surface area contributed by atoms with Gasteiger partial charge in [0.05, 0.1) is 16.9 Å². The molecule has 0 fully saturated rings. The Kier molecular flexibility index (Phi) is 9.55. The number of hydrazine groups is 1. The van der Waals surface area contributed by atoms with Crippen LogP contribution in [0.1, 0.15) is 21.6 Å². The van der Waals surface area contributed by atoms with Crippen molar-refractivity contribution in [2.75, 3.05) is 45.0 Å². The van der Waals surface area contributed by atoms with E-state index in [9.17, 15) is 22.8 Å². The largest absolute Gasteiger partial charge is 0.490 e. The smallest absolute Gasteiger partial charge is 0.416 e. The van der Waals surface area contributed by atoms with Crippen LogP contribution >= 0.6 is 0 Å². The van der Waals surface area contributed by atoms with Gasteiger partial charge in [0.2, 0.25) is 0 Å². The zero-order chi connectivity index (χ0) is 28.6. The summed E-state index contributed by atoms with van der Waals surface area (Å²) in [5, 5.41) is 4.89. The van der Waals surface area contributed by atoms with Gasteiger partial charge in [0.25, 0.3) is 5.91 Å². The topological polar surface area (TPSA) is 117 Å². The van der Waals surface area contributed by atoms with Crippen LogP contribution in [0.25, 0.3) is 0 Å². The average Bonchev–Trinajstić information content (AvgIpc) is 2.89. The summed E-state index contributed by atoms with van der Waals surface area (Å²) in [6.45, 7) is 2.47. The first-order valence-corrected chi connectivity index (χ1v) is 11.8. The first-order chi connectivity index (χ1) is 18.5. The maximum Gasteiger partial charge on any atom is 0.416 e. The number of hydrogen-bond donors (Lipinski definition) is 4. The van der Waals surface area contributed by atoms with Gasteiger partial charge >= 0.3 is 12.2 Å². The van der Waals surface area contributed by atoms with Gasteiger partial charge in [0.1, 0.15) is 29.5 Å². The molecule has 3 rings (SSSR count). The lowest BCUT2D eigenvalue weighted by Gasteiger charge is -2.18. The highest BCUT2D eigenvalue weighted by Gasteiger charge is 2.31. The Morgan fingerprint density at radius 1 is 1.03 bits per heavy atom. The number of nitrogens with zero attached hydrogens (tertiary/aromatic N) is 2. The molecule has 0 spiro atoms. The van der Waals surface area contributed by atoms with E-state index in [1.807, 2.05) is 19.0 Å². The minimum absolute atomic E-state index is 0.0973. The molecular weight excluding hydrogens is 517 g/mol. The number of nitrogens with one attached hydrogen (secondary N) is 4. The molecule has 3 amide bonds. The van der Waals surface area contributed by atoms with E-state index >= 15 is 0 Å². The lowest BCUT2D eigenvalue weighted by Crippen LogP contribution is -2.34. The zero-order valence-electron chi connectivity index (χ0n) is 21.8. The summed E-state index contributed by atoms with van der Waals surface area (Å²) in [4.78, 5) is 30.3. The third-order valence-corrected chi connectivity index (χ3v) is 5.36. The minimum atomic E-state index is -4.60. The van der Waals surface area contributed by atoms with Gasteiger partial charge in [0, 0.05) is 31.4 Å². The Hall–Kier alpha value is -4.52. The maximum absolute atomic E-state index is 13.3. The van der Waals surface area contributed by atoms with E-state index in [-0.39, 0.29) is 29.6 Å². The maximum atomic E-state index is 13.3. The van der Waals surface area contributed by atoms with Crippen molar-refractivity contribution < 1.29 is 32.2 Å². The molecule has 2 aromatic carbocycles. The summed E-state index contributed by atoms with van der Waals surface area (Å²) < 4.78 is 51.2. The van der Waals surface area contributed by atoms with Gasteiger partial charge in [-0.25, -0.2) is 4.79 Å². The lowest BCUT2D eigenvalue weighted by molar-refractivity contribution is -0.137. The summed E-state index contributed by atoms with van der Waals surface area (Å²) in [5.74, 6) is 0.543. The first-order valence-electron chi connectivity index (χ1n) is 11.8. The summed E-state index contributed by atoms with van der Waals surface area (Å²) in [6.07, 6.45) is -3.16. The van der Waals surface area contributed by atoms with E-state index in [2.05, 4.69) is 26.5 Å². The van der Waals surface area contributed by atoms with Gasteiger partial charge in [-0.15, -0.1) is 0 Å².